The summed E-state index contributed by atoms with van der Waals surface area (Å²) in [4.78, 5) is 27.1. The van der Waals surface area contributed by atoms with Crippen LogP contribution in [0.3, 0.4) is 0 Å². The van der Waals surface area contributed by atoms with Crippen LogP contribution in [-0.4, -0.2) is 34.9 Å². The molecular weight excluding hydrogens is 406 g/mol. The predicted octanol–water partition coefficient (Wildman–Crippen LogP) is 4.41. The molecule has 0 unspecified atom stereocenters. The Hall–Kier alpha value is -2.44. The Balaban J connectivity index is 1.62. The minimum Gasteiger partial charge on any atom is -0.339 e. The first kappa shape index (κ1) is 21.3. The largest absolute Gasteiger partial charge is 0.339 e. The van der Waals surface area contributed by atoms with Gasteiger partial charge in [-0.05, 0) is 54.9 Å². The third-order valence-corrected chi connectivity index (χ3v) is 5.29. The molecular formula is C22H24ClN3O2S. The standard InChI is InChI=1S/C22H24ClN3O2S/c23-17-11-9-16(10-12-17)15-20(27)25-22(29)24-19-8-4-3-7-18(19)21(28)26-13-5-1-2-6-14-26/h3-4,7-12H,1-2,5-6,13-15H2,(H2,24,25,27,29). The molecule has 1 aliphatic rings. The lowest BCUT2D eigenvalue weighted by Gasteiger charge is -2.22. The molecule has 5 nitrogen and oxygen atoms in total. The Bertz CT molecular complexity index is 878. The molecule has 0 atom stereocenters. The van der Waals surface area contributed by atoms with E-state index >= 15 is 0 Å². The van der Waals surface area contributed by atoms with Crippen molar-refractivity contribution in [2.24, 2.45) is 0 Å². The summed E-state index contributed by atoms with van der Waals surface area (Å²) in [5.41, 5.74) is 1.99. The summed E-state index contributed by atoms with van der Waals surface area (Å²) in [7, 11) is 0. The molecule has 2 N–H and O–H groups in total. The van der Waals surface area contributed by atoms with E-state index in [-0.39, 0.29) is 23.3 Å². The van der Waals surface area contributed by atoms with E-state index in [1.54, 1.807) is 36.4 Å². The Labute approximate surface area is 181 Å². The molecule has 2 amide bonds. The topological polar surface area (TPSA) is 61.4 Å². The van der Waals surface area contributed by atoms with E-state index < -0.39 is 0 Å². The van der Waals surface area contributed by atoms with Gasteiger partial charge in [-0.1, -0.05) is 48.7 Å². The summed E-state index contributed by atoms with van der Waals surface area (Å²) in [5, 5.41) is 6.46. The molecule has 0 spiro atoms. The molecule has 2 aromatic rings. The zero-order valence-electron chi connectivity index (χ0n) is 16.1. The minimum atomic E-state index is -0.235. The van der Waals surface area contributed by atoms with Crippen molar-refractivity contribution in [1.29, 1.82) is 0 Å². The summed E-state index contributed by atoms with van der Waals surface area (Å²) in [6.07, 6.45) is 4.56. The van der Waals surface area contributed by atoms with Crippen LogP contribution in [0.2, 0.25) is 5.02 Å². The number of hydrogen-bond acceptors (Lipinski definition) is 3. The Kier molecular flexibility index (Phi) is 7.61. The van der Waals surface area contributed by atoms with Crippen LogP contribution in [0.1, 0.15) is 41.6 Å². The third-order valence-electron chi connectivity index (χ3n) is 4.83. The van der Waals surface area contributed by atoms with E-state index in [0.29, 0.717) is 16.3 Å². The van der Waals surface area contributed by atoms with Crippen LogP contribution in [0.4, 0.5) is 5.69 Å². The molecule has 0 bridgehead atoms. The number of amides is 2. The Morgan fingerprint density at radius 1 is 0.966 bits per heavy atom. The number of likely N-dealkylation sites (tertiary alicyclic amines) is 1. The highest BCUT2D eigenvalue weighted by molar-refractivity contribution is 7.80. The normalized spacial score (nSPS) is 14.0. The molecule has 1 saturated heterocycles. The van der Waals surface area contributed by atoms with Crippen LogP contribution in [-0.2, 0) is 11.2 Å². The monoisotopic (exact) mass is 429 g/mol. The maximum Gasteiger partial charge on any atom is 0.255 e. The van der Waals surface area contributed by atoms with Gasteiger partial charge in [-0.2, -0.15) is 0 Å². The van der Waals surface area contributed by atoms with Crippen molar-refractivity contribution in [2.45, 2.75) is 32.1 Å². The summed E-state index contributed by atoms with van der Waals surface area (Å²) < 4.78 is 0. The van der Waals surface area contributed by atoms with Gasteiger partial charge < -0.3 is 15.5 Å². The van der Waals surface area contributed by atoms with E-state index in [1.165, 1.54) is 0 Å². The van der Waals surface area contributed by atoms with Crippen LogP contribution in [0.25, 0.3) is 0 Å². The zero-order chi connectivity index (χ0) is 20.6. The lowest BCUT2D eigenvalue weighted by Crippen LogP contribution is -2.36. The van der Waals surface area contributed by atoms with Crippen molar-refractivity contribution in [2.75, 3.05) is 18.4 Å². The van der Waals surface area contributed by atoms with Crippen molar-refractivity contribution in [1.82, 2.24) is 10.2 Å². The smallest absolute Gasteiger partial charge is 0.255 e. The number of nitrogens with zero attached hydrogens (tertiary/aromatic N) is 1. The average molecular weight is 430 g/mol. The number of para-hydroxylation sites is 1. The lowest BCUT2D eigenvalue weighted by molar-refractivity contribution is -0.119. The fourth-order valence-corrected chi connectivity index (χ4v) is 3.68. The molecule has 29 heavy (non-hydrogen) atoms. The summed E-state index contributed by atoms with van der Waals surface area (Å²) in [6, 6.07) is 14.3. The maximum absolute atomic E-state index is 13.0. The number of carbonyl (C=O) groups is 2. The van der Waals surface area contributed by atoms with Gasteiger partial charge in [0.1, 0.15) is 0 Å². The van der Waals surface area contributed by atoms with Gasteiger partial charge in [-0.15, -0.1) is 0 Å². The molecule has 1 aliphatic heterocycles. The van der Waals surface area contributed by atoms with E-state index in [9.17, 15) is 9.59 Å². The van der Waals surface area contributed by atoms with Gasteiger partial charge in [0, 0.05) is 18.1 Å². The second kappa shape index (κ2) is 10.4. The lowest BCUT2D eigenvalue weighted by atomic mass is 10.1. The minimum absolute atomic E-state index is 0.00899. The van der Waals surface area contributed by atoms with Gasteiger partial charge in [-0.3, -0.25) is 9.59 Å². The predicted molar refractivity (Wildman–Crippen MR) is 120 cm³/mol. The Morgan fingerprint density at radius 3 is 2.31 bits per heavy atom. The molecule has 0 radical (unpaired) electrons. The molecule has 3 rings (SSSR count). The van der Waals surface area contributed by atoms with Crippen LogP contribution >= 0.6 is 23.8 Å². The fourth-order valence-electron chi connectivity index (χ4n) is 3.33. The SMILES string of the molecule is O=C(Cc1ccc(Cl)cc1)NC(=S)Nc1ccccc1C(=O)N1CCCCCC1. The molecule has 1 heterocycles. The zero-order valence-corrected chi connectivity index (χ0v) is 17.7. The molecule has 1 fully saturated rings. The van der Waals surface area contributed by atoms with Crippen LogP contribution in [0.5, 0.6) is 0 Å². The number of rotatable bonds is 4. The maximum atomic E-state index is 13.0. The van der Waals surface area contributed by atoms with Crippen molar-refractivity contribution in [3.63, 3.8) is 0 Å². The highest BCUT2D eigenvalue weighted by Crippen LogP contribution is 2.20. The fraction of sp³-hybridized carbons (Fsp3) is 0.318. The van der Waals surface area contributed by atoms with Gasteiger partial charge in [0.2, 0.25) is 5.91 Å². The highest BCUT2D eigenvalue weighted by atomic mass is 35.5. The third kappa shape index (κ3) is 6.27. The van der Waals surface area contributed by atoms with Gasteiger partial charge in [0.05, 0.1) is 17.7 Å². The van der Waals surface area contributed by atoms with Crippen molar-refractivity contribution in [3.8, 4) is 0 Å². The van der Waals surface area contributed by atoms with Crippen molar-refractivity contribution >= 4 is 46.4 Å². The number of halogens is 1. The first-order valence-electron chi connectivity index (χ1n) is 9.76. The summed E-state index contributed by atoms with van der Waals surface area (Å²) in [6.45, 7) is 1.55. The number of nitrogens with one attached hydrogen (secondary N) is 2. The van der Waals surface area contributed by atoms with E-state index in [2.05, 4.69) is 10.6 Å². The molecule has 0 aromatic heterocycles. The van der Waals surface area contributed by atoms with Crippen LogP contribution in [0, 0.1) is 0 Å². The quantitative estimate of drug-likeness (QED) is 0.706. The number of thiocarbonyl (C=S) groups is 1. The Morgan fingerprint density at radius 2 is 1.62 bits per heavy atom. The number of anilines is 1. The van der Waals surface area contributed by atoms with Gasteiger partial charge >= 0.3 is 0 Å². The van der Waals surface area contributed by atoms with Crippen LogP contribution in [0.15, 0.2) is 48.5 Å². The first-order valence-corrected chi connectivity index (χ1v) is 10.5. The number of benzene rings is 2. The number of carbonyl (C=O) groups excluding carboxylic acids is 2. The van der Waals surface area contributed by atoms with E-state index in [1.807, 2.05) is 17.0 Å². The van der Waals surface area contributed by atoms with Gasteiger partial charge in [0.25, 0.3) is 5.91 Å². The second-order valence-corrected chi connectivity index (χ2v) is 7.90. The van der Waals surface area contributed by atoms with Gasteiger partial charge in [0.15, 0.2) is 5.11 Å². The van der Waals surface area contributed by atoms with Crippen molar-refractivity contribution < 1.29 is 9.59 Å². The molecule has 0 aliphatic carbocycles. The molecule has 2 aromatic carbocycles. The van der Waals surface area contributed by atoms with E-state index in [4.69, 9.17) is 23.8 Å². The summed E-state index contributed by atoms with van der Waals surface area (Å²) >= 11 is 11.2. The highest BCUT2D eigenvalue weighted by Gasteiger charge is 2.20. The van der Waals surface area contributed by atoms with Gasteiger partial charge in [-0.25, -0.2) is 0 Å². The number of hydrogen-bond donors (Lipinski definition) is 2. The molecule has 152 valence electrons. The second-order valence-electron chi connectivity index (χ2n) is 7.06. The van der Waals surface area contributed by atoms with Crippen LogP contribution < -0.4 is 10.6 Å². The summed E-state index contributed by atoms with van der Waals surface area (Å²) in [5.74, 6) is -0.244. The van der Waals surface area contributed by atoms with E-state index in [0.717, 1.165) is 44.3 Å². The first-order chi connectivity index (χ1) is 14.0. The molecule has 0 saturated carbocycles. The average Bonchev–Trinajstić information content (AvgIpc) is 2.99. The van der Waals surface area contributed by atoms with Crippen molar-refractivity contribution in [3.05, 3.63) is 64.7 Å². The molecule has 7 heteroatoms.